The van der Waals surface area contributed by atoms with Gasteiger partial charge in [0, 0.05) is 29.8 Å². The minimum absolute atomic E-state index is 0.544. The van der Waals surface area contributed by atoms with Gasteiger partial charge in [-0.25, -0.2) is 0 Å². The first-order chi connectivity index (χ1) is 8.08. The Morgan fingerprint density at radius 2 is 2.12 bits per heavy atom. The SMILES string of the molecule is CSCCC(C)N(C)c1cc(Br)cc(CN)c1. The van der Waals surface area contributed by atoms with Gasteiger partial charge in [0.25, 0.3) is 0 Å². The van der Waals surface area contributed by atoms with E-state index in [-0.39, 0.29) is 0 Å². The lowest BCUT2D eigenvalue weighted by atomic mass is 10.1. The highest BCUT2D eigenvalue weighted by Crippen LogP contribution is 2.24. The zero-order valence-corrected chi connectivity index (χ0v) is 13.1. The highest BCUT2D eigenvalue weighted by Gasteiger charge is 2.10. The van der Waals surface area contributed by atoms with Crippen molar-refractivity contribution in [2.75, 3.05) is 24.0 Å². The summed E-state index contributed by atoms with van der Waals surface area (Å²) in [4.78, 5) is 2.32. The standard InChI is InChI=1S/C13H21BrN2S/c1-10(4-5-17-3)16(2)13-7-11(9-15)6-12(14)8-13/h6-8,10H,4-5,9,15H2,1-3H3. The van der Waals surface area contributed by atoms with Crippen LogP contribution in [0.5, 0.6) is 0 Å². The van der Waals surface area contributed by atoms with Crippen molar-refractivity contribution in [2.45, 2.75) is 25.9 Å². The van der Waals surface area contributed by atoms with Crippen LogP contribution in [0.25, 0.3) is 0 Å². The number of nitrogens with two attached hydrogens (primary N) is 1. The molecule has 2 nitrogen and oxygen atoms in total. The molecule has 0 aliphatic heterocycles. The first kappa shape index (κ1) is 14.9. The zero-order valence-electron chi connectivity index (χ0n) is 10.7. The molecule has 1 unspecified atom stereocenters. The lowest BCUT2D eigenvalue weighted by molar-refractivity contribution is 0.669. The second kappa shape index (κ2) is 7.29. The molecule has 0 radical (unpaired) electrons. The van der Waals surface area contributed by atoms with Crippen LogP contribution < -0.4 is 10.6 Å². The maximum absolute atomic E-state index is 5.70. The fraction of sp³-hybridized carbons (Fsp3) is 0.538. The number of halogens is 1. The van der Waals surface area contributed by atoms with Gasteiger partial charge in [-0.15, -0.1) is 0 Å². The smallest absolute Gasteiger partial charge is 0.0380 e. The Kier molecular flexibility index (Phi) is 6.38. The molecule has 4 heteroatoms. The normalized spacial score (nSPS) is 12.5. The molecule has 0 saturated carbocycles. The van der Waals surface area contributed by atoms with Gasteiger partial charge in [0.15, 0.2) is 0 Å². The Morgan fingerprint density at radius 1 is 1.41 bits per heavy atom. The Balaban J connectivity index is 2.80. The van der Waals surface area contributed by atoms with Crippen LogP contribution in [-0.4, -0.2) is 25.1 Å². The molecule has 17 heavy (non-hydrogen) atoms. The number of anilines is 1. The summed E-state index contributed by atoms with van der Waals surface area (Å²) in [6.45, 7) is 2.85. The molecule has 96 valence electrons. The van der Waals surface area contributed by atoms with E-state index in [0.29, 0.717) is 12.6 Å². The number of thioether (sulfide) groups is 1. The third-order valence-electron chi connectivity index (χ3n) is 2.99. The van der Waals surface area contributed by atoms with Crippen LogP contribution in [0.4, 0.5) is 5.69 Å². The number of nitrogens with zero attached hydrogens (tertiary/aromatic N) is 1. The molecule has 2 N–H and O–H groups in total. The summed E-state index contributed by atoms with van der Waals surface area (Å²) in [6, 6.07) is 6.93. The topological polar surface area (TPSA) is 29.3 Å². The van der Waals surface area contributed by atoms with Gasteiger partial charge in [0.1, 0.15) is 0 Å². The largest absolute Gasteiger partial charge is 0.372 e. The summed E-state index contributed by atoms with van der Waals surface area (Å²) in [5, 5.41) is 0. The summed E-state index contributed by atoms with van der Waals surface area (Å²) in [5.41, 5.74) is 8.10. The molecular formula is C13H21BrN2S. The maximum Gasteiger partial charge on any atom is 0.0380 e. The van der Waals surface area contributed by atoms with Crippen LogP contribution in [0.3, 0.4) is 0 Å². The lowest BCUT2D eigenvalue weighted by Crippen LogP contribution is -2.29. The molecule has 1 rings (SSSR count). The van der Waals surface area contributed by atoms with Crippen molar-refractivity contribution in [1.82, 2.24) is 0 Å². The van der Waals surface area contributed by atoms with Crippen molar-refractivity contribution < 1.29 is 0 Å². The van der Waals surface area contributed by atoms with Crippen molar-refractivity contribution in [3.63, 3.8) is 0 Å². The highest BCUT2D eigenvalue weighted by molar-refractivity contribution is 9.10. The molecule has 0 amide bonds. The molecule has 0 aromatic heterocycles. The summed E-state index contributed by atoms with van der Waals surface area (Å²) in [6.07, 6.45) is 3.35. The second-order valence-electron chi connectivity index (χ2n) is 4.26. The van der Waals surface area contributed by atoms with Gasteiger partial charge in [-0.3, -0.25) is 0 Å². The van der Waals surface area contributed by atoms with Crippen molar-refractivity contribution in [3.05, 3.63) is 28.2 Å². The average molecular weight is 317 g/mol. The van der Waals surface area contributed by atoms with Crippen LogP contribution in [0.2, 0.25) is 0 Å². The first-order valence-electron chi connectivity index (χ1n) is 5.79. The quantitative estimate of drug-likeness (QED) is 0.871. The molecule has 1 aromatic rings. The number of rotatable bonds is 6. The maximum atomic E-state index is 5.70. The second-order valence-corrected chi connectivity index (χ2v) is 6.16. The molecule has 1 atom stereocenters. The first-order valence-corrected chi connectivity index (χ1v) is 7.98. The van der Waals surface area contributed by atoms with Gasteiger partial charge >= 0.3 is 0 Å². The highest BCUT2D eigenvalue weighted by atomic mass is 79.9. The Hall–Kier alpha value is -0.190. The summed E-state index contributed by atoms with van der Waals surface area (Å²) in [5.74, 6) is 1.20. The van der Waals surface area contributed by atoms with E-state index in [9.17, 15) is 0 Å². The molecule has 1 aromatic carbocycles. The van der Waals surface area contributed by atoms with Gasteiger partial charge in [-0.05, 0) is 49.1 Å². The molecule has 0 heterocycles. The van der Waals surface area contributed by atoms with Gasteiger partial charge < -0.3 is 10.6 Å². The van der Waals surface area contributed by atoms with E-state index in [1.54, 1.807) is 0 Å². The van der Waals surface area contributed by atoms with Crippen LogP contribution >= 0.6 is 27.7 Å². The molecule has 0 aliphatic rings. The number of hydrogen-bond acceptors (Lipinski definition) is 3. The predicted molar refractivity (Wildman–Crippen MR) is 82.9 cm³/mol. The van der Waals surface area contributed by atoms with Gasteiger partial charge in [-0.1, -0.05) is 15.9 Å². The van der Waals surface area contributed by atoms with E-state index < -0.39 is 0 Å². The molecule has 0 bridgehead atoms. The van der Waals surface area contributed by atoms with E-state index in [1.165, 1.54) is 23.4 Å². The van der Waals surface area contributed by atoms with Gasteiger partial charge in [0.2, 0.25) is 0 Å². The average Bonchev–Trinajstić information content (AvgIpc) is 2.34. The Labute approximate surface area is 117 Å². The fourth-order valence-electron chi connectivity index (χ4n) is 1.69. The van der Waals surface area contributed by atoms with E-state index >= 15 is 0 Å². The van der Waals surface area contributed by atoms with Crippen LogP contribution in [-0.2, 0) is 6.54 Å². The van der Waals surface area contributed by atoms with Crippen LogP contribution in [0.15, 0.2) is 22.7 Å². The number of benzene rings is 1. The monoisotopic (exact) mass is 316 g/mol. The molecule has 0 saturated heterocycles. The zero-order chi connectivity index (χ0) is 12.8. The Bertz CT molecular complexity index is 357. The lowest BCUT2D eigenvalue weighted by Gasteiger charge is -2.27. The van der Waals surface area contributed by atoms with Crippen molar-refractivity contribution >= 4 is 33.4 Å². The van der Waals surface area contributed by atoms with E-state index in [2.05, 4.69) is 59.3 Å². The molecular weight excluding hydrogens is 296 g/mol. The summed E-state index contributed by atoms with van der Waals surface area (Å²) < 4.78 is 1.10. The molecule has 0 fully saturated rings. The summed E-state index contributed by atoms with van der Waals surface area (Å²) in [7, 11) is 2.15. The third kappa shape index (κ3) is 4.53. The third-order valence-corrected chi connectivity index (χ3v) is 4.09. The minimum atomic E-state index is 0.544. The molecule has 0 aliphatic carbocycles. The van der Waals surface area contributed by atoms with E-state index in [4.69, 9.17) is 5.73 Å². The van der Waals surface area contributed by atoms with Gasteiger partial charge in [-0.2, -0.15) is 11.8 Å². The van der Waals surface area contributed by atoms with Crippen molar-refractivity contribution in [2.24, 2.45) is 5.73 Å². The van der Waals surface area contributed by atoms with Crippen molar-refractivity contribution in [3.8, 4) is 0 Å². The van der Waals surface area contributed by atoms with E-state index in [0.717, 1.165) is 4.47 Å². The number of hydrogen-bond donors (Lipinski definition) is 1. The van der Waals surface area contributed by atoms with E-state index in [1.807, 2.05) is 11.8 Å². The Morgan fingerprint density at radius 3 is 2.71 bits per heavy atom. The molecule has 0 spiro atoms. The summed E-state index contributed by atoms with van der Waals surface area (Å²) >= 11 is 5.43. The minimum Gasteiger partial charge on any atom is -0.372 e. The fourth-order valence-corrected chi connectivity index (χ4v) is 2.80. The van der Waals surface area contributed by atoms with Crippen LogP contribution in [0, 0.1) is 0 Å². The van der Waals surface area contributed by atoms with Crippen LogP contribution in [0.1, 0.15) is 18.9 Å². The predicted octanol–water partition coefficient (Wildman–Crippen LogP) is 3.49. The van der Waals surface area contributed by atoms with Crippen molar-refractivity contribution in [1.29, 1.82) is 0 Å². The van der Waals surface area contributed by atoms with Gasteiger partial charge in [0.05, 0.1) is 0 Å².